The highest BCUT2D eigenvalue weighted by atomic mass is 16.4. The Morgan fingerprint density at radius 1 is 1.53 bits per heavy atom. The van der Waals surface area contributed by atoms with Gasteiger partial charge in [-0.25, -0.2) is 0 Å². The minimum Gasteiger partial charge on any atom is -0.481 e. The van der Waals surface area contributed by atoms with Gasteiger partial charge in [0.05, 0.1) is 5.92 Å². The molecular formula is C12H19NO2. The molecule has 0 aromatic heterocycles. The van der Waals surface area contributed by atoms with Crippen LogP contribution in [-0.4, -0.2) is 24.2 Å². The standard InChI is InChI=1S/C12H19NO2/c1-2-3-4-8-13-9-10-6-5-7-11(10)12(14)15/h1,10-11,13H,3-9H2,(H,14,15). The fourth-order valence-electron chi connectivity index (χ4n) is 2.21. The van der Waals surface area contributed by atoms with E-state index in [0.29, 0.717) is 5.92 Å². The molecule has 3 heteroatoms. The van der Waals surface area contributed by atoms with Gasteiger partial charge in [-0.1, -0.05) is 6.42 Å². The third-order valence-corrected chi connectivity index (χ3v) is 3.06. The minimum absolute atomic E-state index is 0.134. The summed E-state index contributed by atoms with van der Waals surface area (Å²) in [6.07, 6.45) is 9.83. The van der Waals surface area contributed by atoms with E-state index in [0.717, 1.165) is 45.2 Å². The second kappa shape index (κ2) is 6.47. The van der Waals surface area contributed by atoms with Gasteiger partial charge in [-0.15, -0.1) is 12.3 Å². The number of unbranched alkanes of at least 4 members (excludes halogenated alkanes) is 1. The first-order chi connectivity index (χ1) is 7.25. The van der Waals surface area contributed by atoms with Gasteiger partial charge in [0.1, 0.15) is 0 Å². The summed E-state index contributed by atoms with van der Waals surface area (Å²) in [5, 5.41) is 12.3. The van der Waals surface area contributed by atoms with E-state index < -0.39 is 5.97 Å². The predicted octanol–water partition coefficient (Wildman–Crippen LogP) is 1.49. The van der Waals surface area contributed by atoms with Crippen LogP contribution >= 0.6 is 0 Å². The first-order valence-electron chi connectivity index (χ1n) is 5.62. The molecule has 1 aliphatic rings. The lowest BCUT2D eigenvalue weighted by molar-refractivity contribution is -0.142. The summed E-state index contributed by atoms with van der Waals surface area (Å²) in [6, 6.07) is 0. The molecule has 0 aliphatic heterocycles. The molecule has 0 amide bonds. The molecule has 0 spiro atoms. The lowest BCUT2D eigenvalue weighted by Gasteiger charge is -2.15. The van der Waals surface area contributed by atoms with Crippen molar-refractivity contribution in [3.63, 3.8) is 0 Å². The summed E-state index contributed by atoms with van der Waals surface area (Å²) in [5.41, 5.74) is 0. The Bertz CT molecular complexity index is 244. The van der Waals surface area contributed by atoms with Gasteiger partial charge < -0.3 is 10.4 Å². The first kappa shape index (κ1) is 12.1. The van der Waals surface area contributed by atoms with Crippen LogP contribution in [0.2, 0.25) is 0 Å². The Labute approximate surface area is 91.3 Å². The molecule has 2 atom stereocenters. The molecule has 0 saturated heterocycles. The first-order valence-corrected chi connectivity index (χ1v) is 5.62. The van der Waals surface area contributed by atoms with E-state index in [1.807, 2.05) is 0 Å². The number of carbonyl (C=O) groups is 1. The summed E-state index contributed by atoms with van der Waals surface area (Å²) in [6.45, 7) is 1.72. The van der Waals surface area contributed by atoms with Crippen molar-refractivity contribution < 1.29 is 9.90 Å². The molecule has 2 N–H and O–H groups in total. The van der Waals surface area contributed by atoms with Crippen molar-refractivity contribution in [3.05, 3.63) is 0 Å². The van der Waals surface area contributed by atoms with Crippen molar-refractivity contribution in [2.24, 2.45) is 11.8 Å². The summed E-state index contributed by atoms with van der Waals surface area (Å²) < 4.78 is 0. The van der Waals surface area contributed by atoms with Crippen LogP contribution < -0.4 is 5.32 Å². The zero-order chi connectivity index (χ0) is 11.1. The van der Waals surface area contributed by atoms with Crippen molar-refractivity contribution >= 4 is 5.97 Å². The summed E-state index contributed by atoms with van der Waals surface area (Å²) >= 11 is 0. The van der Waals surface area contributed by atoms with Gasteiger partial charge in [-0.3, -0.25) is 4.79 Å². The van der Waals surface area contributed by atoms with Crippen molar-refractivity contribution in [1.82, 2.24) is 5.32 Å². The molecule has 0 heterocycles. The quantitative estimate of drug-likeness (QED) is 0.514. The maximum absolute atomic E-state index is 10.9. The number of nitrogens with one attached hydrogen (secondary N) is 1. The second-order valence-electron chi connectivity index (χ2n) is 4.15. The molecule has 0 aromatic carbocycles. The second-order valence-corrected chi connectivity index (χ2v) is 4.15. The van der Waals surface area contributed by atoms with Crippen LogP contribution in [0.4, 0.5) is 0 Å². The average Bonchev–Trinajstić information content (AvgIpc) is 2.66. The summed E-state index contributed by atoms with van der Waals surface area (Å²) in [5.74, 6) is 2.13. The van der Waals surface area contributed by atoms with E-state index in [4.69, 9.17) is 11.5 Å². The number of carboxylic acids is 1. The third-order valence-electron chi connectivity index (χ3n) is 3.06. The Morgan fingerprint density at radius 2 is 2.33 bits per heavy atom. The van der Waals surface area contributed by atoms with E-state index >= 15 is 0 Å². The highest BCUT2D eigenvalue weighted by Crippen LogP contribution is 2.31. The molecule has 0 aromatic rings. The maximum Gasteiger partial charge on any atom is 0.306 e. The molecule has 84 valence electrons. The SMILES string of the molecule is C#CCCCNCC1CCCC1C(=O)O. The van der Waals surface area contributed by atoms with Crippen LogP contribution in [0.3, 0.4) is 0 Å². The van der Waals surface area contributed by atoms with Crippen LogP contribution in [-0.2, 0) is 4.79 Å². The van der Waals surface area contributed by atoms with Crippen molar-refractivity contribution in [2.75, 3.05) is 13.1 Å². The predicted molar refractivity (Wildman–Crippen MR) is 59.4 cm³/mol. The fourth-order valence-corrected chi connectivity index (χ4v) is 2.21. The minimum atomic E-state index is -0.636. The number of terminal acetylenes is 1. The van der Waals surface area contributed by atoms with Crippen LogP contribution in [0, 0.1) is 24.2 Å². The van der Waals surface area contributed by atoms with Gasteiger partial charge >= 0.3 is 5.97 Å². The molecule has 1 aliphatic carbocycles. The average molecular weight is 209 g/mol. The number of rotatable bonds is 6. The molecule has 15 heavy (non-hydrogen) atoms. The highest BCUT2D eigenvalue weighted by molar-refractivity contribution is 5.70. The third kappa shape index (κ3) is 3.93. The molecule has 1 rings (SSSR count). The van der Waals surface area contributed by atoms with Gasteiger partial charge in [0.15, 0.2) is 0 Å². The van der Waals surface area contributed by atoms with Crippen molar-refractivity contribution in [2.45, 2.75) is 32.1 Å². The monoisotopic (exact) mass is 209 g/mol. The number of aliphatic carboxylic acids is 1. The Morgan fingerprint density at radius 3 is 3.00 bits per heavy atom. The smallest absolute Gasteiger partial charge is 0.306 e. The van der Waals surface area contributed by atoms with Crippen molar-refractivity contribution in [1.29, 1.82) is 0 Å². The van der Waals surface area contributed by atoms with Gasteiger partial charge in [0.25, 0.3) is 0 Å². The van der Waals surface area contributed by atoms with E-state index in [9.17, 15) is 4.79 Å². The summed E-state index contributed by atoms with van der Waals surface area (Å²) in [4.78, 5) is 10.9. The Kier molecular flexibility index (Phi) is 5.20. The summed E-state index contributed by atoms with van der Waals surface area (Å²) in [7, 11) is 0. The van der Waals surface area contributed by atoms with Gasteiger partial charge in [0.2, 0.25) is 0 Å². The van der Waals surface area contributed by atoms with E-state index in [-0.39, 0.29) is 5.92 Å². The van der Waals surface area contributed by atoms with Gasteiger partial charge in [-0.05, 0) is 38.3 Å². The maximum atomic E-state index is 10.9. The molecule has 0 bridgehead atoms. The lowest BCUT2D eigenvalue weighted by atomic mass is 9.96. The zero-order valence-electron chi connectivity index (χ0n) is 9.04. The van der Waals surface area contributed by atoms with Crippen LogP contribution in [0.1, 0.15) is 32.1 Å². The van der Waals surface area contributed by atoms with Crippen molar-refractivity contribution in [3.8, 4) is 12.3 Å². The lowest BCUT2D eigenvalue weighted by Crippen LogP contribution is -2.29. The molecular weight excluding hydrogens is 190 g/mol. The molecule has 0 radical (unpaired) electrons. The number of carboxylic acid groups (broad SMARTS) is 1. The molecule has 3 nitrogen and oxygen atoms in total. The van der Waals surface area contributed by atoms with Crippen LogP contribution in [0.25, 0.3) is 0 Å². The normalized spacial score (nSPS) is 25.0. The molecule has 1 fully saturated rings. The van der Waals surface area contributed by atoms with Crippen LogP contribution in [0.5, 0.6) is 0 Å². The molecule has 2 unspecified atom stereocenters. The Balaban J connectivity index is 2.15. The van der Waals surface area contributed by atoms with Gasteiger partial charge in [0, 0.05) is 6.42 Å². The zero-order valence-corrected chi connectivity index (χ0v) is 9.04. The molecule has 1 saturated carbocycles. The van der Waals surface area contributed by atoms with Gasteiger partial charge in [-0.2, -0.15) is 0 Å². The fraction of sp³-hybridized carbons (Fsp3) is 0.750. The Hall–Kier alpha value is -1.01. The highest BCUT2D eigenvalue weighted by Gasteiger charge is 2.32. The number of hydrogen-bond donors (Lipinski definition) is 2. The van der Waals surface area contributed by atoms with E-state index in [1.54, 1.807) is 0 Å². The van der Waals surface area contributed by atoms with Crippen LogP contribution in [0.15, 0.2) is 0 Å². The van der Waals surface area contributed by atoms with E-state index in [1.165, 1.54) is 0 Å². The largest absolute Gasteiger partial charge is 0.481 e. The van der Waals surface area contributed by atoms with E-state index in [2.05, 4.69) is 11.2 Å². The topological polar surface area (TPSA) is 49.3 Å². The number of hydrogen-bond acceptors (Lipinski definition) is 2.